The number of nitrogens with one attached hydrogen (secondary N) is 2. The first-order valence-corrected chi connectivity index (χ1v) is 9.14. The van der Waals surface area contributed by atoms with Crippen molar-refractivity contribution in [3.05, 3.63) is 24.3 Å². The third kappa shape index (κ3) is 6.48. The summed E-state index contributed by atoms with van der Waals surface area (Å²) < 4.78 is 0. The third-order valence-electron chi connectivity index (χ3n) is 4.06. The van der Waals surface area contributed by atoms with Crippen LogP contribution in [0.4, 0.5) is 11.4 Å². The molecule has 0 saturated heterocycles. The number of rotatable bonds is 8. The van der Waals surface area contributed by atoms with E-state index in [1.54, 1.807) is 0 Å². The average Bonchev–Trinajstić information content (AvgIpc) is 2.52. The standard InChI is InChI=1S/C19H31N3OS/c1-6-8-13-22(5)18(24)21-16-11-9-10-15(14-16)20-17(23)19(3,4)12-7-2/h9-11,14H,6-8,12-13H2,1-5H3,(H,20,23)(H,21,24). The molecule has 5 heteroatoms. The molecular formula is C19H31N3OS. The number of carbonyl (C=O) groups excluding carboxylic acids is 1. The molecule has 0 radical (unpaired) electrons. The molecular weight excluding hydrogens is 318 g/mol. The SMILES string of the molecule is CCCCN(C)C(=S)Nc1cccc(NC(=O)C(C)(C)CCC)c1. The Kier molecular flexibility index (Phi) is 8.19. The van der Waals surface area contributed by atoms with Crippen LogP contribution in [0.1, 0.15) is 53.4 Å². The second kappa shape index (κ2) is 9.62. The third-order valence-corrected chi connectivity index (χ3v) is 4.47. The molecule has 0 aromatic heterocycles. The molecule has 0 heterocycles. The Hall–Kier alpha value is -1.62. The highest BCUT2D eigenvalue weighted by atomic mass is 32.1. The minimum atomic E-state index is -0.367. The second-order valence-electron chi connectivity index (χ2n) is 6.87. The van der Waals surface area contributed by atoms with E-state index in [9.17, 15) is 4.79 Å². The van der Waals surface area contributed by atoms with E-state index < -0.39 is 0 Å². The number of hydrogen-bond donors (Lipinski definition) is 2. The maximum absolute atomic E-state index is 12.4. The number of thiocarbonyl (C=S) groups is 1. The molecule has 0 fully saturated rings. The van der Waals surface area contributed by atoms with E-state index in [2.05, 4.69) is 24.5 Å². The molecule has 4 nitrogen and oxygen atoms in total. The summed E-state index contributed by atoms with van der Waals surface area (Å²) in [6, 6.07) is 7.68. The van der Waals surface area contributed by atoms with Crippen molar-refractivity contribution in [2.24, 2.45) is 5.41 Å². The summed E-state index contributed by atoms with van der Waals surface area (Å²) in [5, 5.41) is 6.94. The summed E-state index contributed by atoms with van der Waals surface area (Å²) in [7, 11) is 1.99. The van der Waals surface area contributed by atoms with E-state index in [-0.39, 0.29) is 11.3 Å². The molecule has 0 aliphatic heterocycles. The van der Waals surface area contributed by atoms with E-state index in [4.69, 9.17) is 12.2 Å². The van der Waals surface area contributed by atoms with Crippen molar-refractivity contribution >= 4 is 34.6 Å². The molecule has 0 bridgehead atoms. The largest absolute Gasteiger partial charge is 0.352 e. The predicted octanol–water partition coefficient (Wildman–Crippen LogP) is 4.88. The van der Waals surface area contributed by atoms with Crippen LogP contribution >= 0.6 is 12.2 Å². The highest BCUT2D eigenvalue weighted by Crippen LogP contribution is 2.25. The minimum Gasteiger partial charge on any atom is -0.352 e. The van der Waals surface area contributed by atoms with Crippen LogP contribution in [-0.2, 0) is 4.79 Å². The molecule has 1 amide bonds. The van der Waals surface area contributed by atoms with Crippen molar-refractivity contribution in [2.45, 2.75) is 53.4 Å². The average molecular weight is 350 g/mol. The van der Waals surface area contributed by atoms with Crippen LogP contribution in [0.25, 0.3) is 0 Å². The van der Waals surface area contributed by atoms with Crippen molar-refractivity contribution in [3.8, 4) is 0 Å². The maximum Gasteiger partial charge on any atom is 0.230 e. The summed E-state index contributed by atoms with van der Waals surface area (Å²) in [5.74, 6) is 0.0455. The number of nitrogens with zero attached hydrogens (tertiary/aromatic N) is 1. The van der Waals surface area contributed by atoms with Crippen LogP contribution in [-0.4, -0.2) is 29.5 Å². The van der Waals surface area contributed by atoms with E-state index in [1.165, 1.54) is 0 Å². The molecule has 2 N–H and O–H groups in total. The number of benzene rings is 1. The molecule has 24 heavy (non-hydrogen) atoms. The maximum atomic E-state index is 12.4. The van der Waals surface area contributed by atoms with Crippen LogP contribution in [0.2, 0.25) is 0 Å². The Bertz CT molecular complexity index is 557. The van der Waals surface area contributed by atoms with E-state index in [0.717, 1.165) is 43.6 Å². The number of hydrogen-bond acceptors (Lipinski definition) is 2. The monoisotopic (exact) mass is 349 g/mol. The molecule has 1 aromatic rings. The molecule has 0 saturated carbocycles. The van der Waals surface area contributed by atoms with Gasteiger partial charge in [-0.05, 0) is 43.3 Å². The van der Waals surface area contributed by atoms with Crippen molar-refractivity contribution in [1.82, 2.24) is 4.90 Å². The Balaban J connectivity index is 2.70. The molecule has 0 aliphatic carbocycles. The quantitative estimate of drug-likeness (QED) is 0.657. The summed E-state index contributed by atoms with van der Waals surface area (Å²) in [6.07, 6.45) is 4.10. The lowest BCUT2D eigenvalue weighted by atomic mass is 9.87. The van der Waals surface area contributed by atoms with Gasteiger partial charge in [0.2, 0.25) is 5.91 Å². The Morgan fingerprint density at radius 1 is 1.17 bits per heavy atom. The van der Waals surface area contributed by atoms with Crippen LogP contribution < -0.4 is 10.6 Å². The lowest BCUT2D eigenvalue weighted by Crippen LogP contribution is -2.32. The van der Waals surface area contributed by atoms with Gasteiger partial charge in [0, 0.05) is 30.4 Å². The number of carbonyl (C=O) groups is 1. The first kappa shape index (κ1) is 20.4. The lowest BCUT2D eigenvalue weighted by Gasteiger charge is -2.23. The lowest BCUT2D eigenvalue weighted by molar-refractivity contribution is -0.124. The fraction of sp³-hybridized carbons (Fsp3) is 0.579. The van der Waals surface area contributed by atoms with E-state index in [1.807, 2.05) is 50.1 Å². The summed E-state index contributed by atoms with van der Waals surface area (Å²) in [4.78, 5) is 14.5. The molecule has 1 aromatic carbocycles. The highest BCUT2D eigenvalue weighted by Gasteiger charge is 2.26. The Labute approximate surface area is 152 Å². The van der Waals surface area contributed by atoms with Gasteiger partial charge in [-0.25, -0.2) is 0 Å². The zero-order valence-electron chi connectivity index (χ0n) is 15.6. The van der Waals surface area contributed by atoms with Gasteiger partial charge in [-0.2, -0.15) is 0 Å². The number of anilines is 2. The first-order valence-electron chi connectivity index (χ1n) is 8.73. The van der Waals surface area contributed by atoms with E-state index >= 15 is 0 Å². The van der Waals surface area contributed by atoms with Crippen LogP contribution in [0, 0.1) is 5.41 Å². The summed E-state index contributed by atoms with van der Waals surface area (Å²) >= 11 is 5.42. The normalized spacial score (nSPS) is 11.0. The van der Waals surface area contributed by atoms with Crippen LogP contribution in [0.5, 0.6) is 0 Å². The van der Waals surface area contributed by atoms with Gasteiger partial charge in [0.1, 0.15) is 0 Å². The zero-order valence-corrected chi connectivity index (χ0v) is 16.4. The smallest absolute Gasteiger partial charge is 0.230 e. The molecule has 1 rings (SSSR count). The topological polar surface area (TPSA) is 44.4 Å². The minimum absolute atomic E-state index is 0.0455. The highest BCUT2D eigenvalue weighted by molar-refractivity contribution is 7.80. The van der Waals surface area contributed by atoms with E-state index in [0.29, 0.717) is 5.11 Å². The molecule has 0 unspecified atom stereocenters. The van der Waals surface area contributed by atoms with Crippen molar-refractivity contribution in [3.63, 3.8) is 0 Å². The summed E-state index contributed by atoms with van der Waals surface area (Å²) in [5.41, 5.74) is 1.30. The van der Waals surface area contributed by atoms with Crippen molar-refractivity contribution in [2.75, 3.05) is 24.2 Å². The second-order valence-corrected chi connectivity index (χ2v) is 7.26. The molecule has 0 spiro atoms. The first-order chi connectivity index (χ1) is 11.3. The van der Waals surface area contributed by atoms with Gasteiger partial charge in [0.15, 0.2) is 5.11 Å². The predicted molar refractivity (Wildman–Crippen MR) is 108 cm³/mol. The fourth-order valence-corrected chi connectivity index (χ4v) is 2.64. The van der Waals surface area contributed by atoms with Gasteiger partial charge in [-0.3, -0.25) is 4.79 Å². The zero-order chi connectivity index (χ0) is 18.2. The molecule has 0 atom stereocenters. The van der Waals surface area contributed by atoms with Gasteiger partial charge >= 0.3 is 0 Å². The summed E-state index contributed by atoms with van der Waals surface area (Å²) in [6.45, 7) is 9.15. The van der Waals surface area contributed by atoms with Gasteiger partial charge < -0.3 is 15.5 Å². The number of amides is 1. The molecule has 134 valence electrons. The van der Waals surface area contributed by atoms with Gasteiger partial charge in [-0.15, -0.1) is 0 Å². The fourth-order valence-electron chi connectivity index (χ4n) is 2.43. The van der Waals surface area contributed by atoms with Crippen LogP contribution in [0.3, 0.4) is 0 Å². The Morgan fingerprint density at radius 3 is 2.38 bits per heavy atom. The van der Waals surface area contributed by atoms with Gasteiger partial charge in [0.05, 0.1) is 0 Å². The van der Waals surface area contributed by atoms with Crippen molar-refractivity contribution < 1.29 is 4.79 Å². The molecule has 0 aliphatic rings. The number of unbranched alkanes of at least 4 members (excludes halogenated alkanes) is 1. The van der Waals surface area contributed by atoms with Crippen molar-refractivity contribution in [1.29, 1.82) is 0 Å². The van der Waals surface area contributed by atoms with Gasteiger partial charge in [0.25, 0.3) is 0 Å². The van der Waals surface area contributed by atoms with Crippen LogP contribution in [0.15, 0.2) is 24.3 Å². The Morgan fingerprint density at radius 2 is 1.79 bits per heavy atom. The van der Waals surface area contributed by atoms with Gasteiger partial charge in [-0.1, -0.05) is 46.6 Å².